The molecule has 0 bridgehead atoms. The molecule has 2 aliphatic heterocycles. The van der Waals surface area contributed by atoms with Gasteiger partial charge in [0.15, 0.2) is 0 Å². The lowest BCUT2D eigenvalue weighted by Crippen LogP contribution is -2.50. The maximum atomic E-state index is 9.72. The van der Waals surface area contributed by atoms with Gasteiger partial charge in [-0.1, -0.05) is 36.8 Å². The first kappa shape index (κ1) is 11.7. The Kier molecular flexibility index (Phi) is 3.09. The van der Waals surface area contributed by atoms with Crippen molar-refractivity contribution in [3.8, 4) is 6.07 Å². The average Bonchev–Trinajstić information content (AvgIpc) is 2.47. The summed E-state index contributed by atoms with van der Waals surface area (Å²) in [5, 5.41) is 9.72. The molecule has 94 valence electrons. The number of hydrogen-bond donors (Lipinski definition) is 0. The van der Waals surface area contributed by atoms with Crippen LogP contribution in [-0.2, 0) is 5.41 Å². The normalized spacial score (nSPS) is 32.5. The Hall–Kier alpha value is -1.33. The highest BCUT2D eigenvalue weighted by atomic mass is 15.2. The van der Waals surface area contributed by atoms with E-state index < -0.39 is 0 Å². The second kappa shape index (κ2) is 4.74. The Balaban J connectivity index is 1.88. The number of fused-ring (bicyclic) bond motifs is 1. The molecule has 0 saturated carbocycles. The molecule has 1 aromatic carbocycles. The Bertz CT molecular complexity index is 448. The maximum Gasteiger partial charge on any atom is 0.0849 e. The summed E-state index contributed by atoms with van der Waals surface area (Å²) in [5.41, 5.74) is 0.984. The van der Waals surface area contributed by atoms with Crippen LogP contribution in [0.2, 0.25) is 0 Å². The van der Waals surface area contributed by atoms with Crippen molar-refractivity contribution < 1.29 is 0 Å². The van der Waals surface area contributed by atoms with Gasteiger partial charge in [-0.05, 0) is 37.8 Å². The van der Waals surface area contributed by atoms with Gasteiger partial charge in [0.1, 0.15) is 0 Å². The summed E-state index contributed by atoms with van der Waals surface area (Å²) in [4.78, 5) is 2.60. The zero-order valence-electron chi connectivity index (χ0n) is 10.8. The molecular formula is C16H20N2. The summed E-state index contributed by atoms with van der Waals surface area (Å²) in [6.07, 6.45) is 5.95. The minimum atomic E-state index is -0.236. The lowest BCUT2D eigenvalue weighted by Gasteiger charge is -2.46. The number of nitrogens with zero attached hydrogens (tertiary/aromatic N) is 2. The second-order valence-corrected chi connectivity index (χ2v) is 5.70. The van der Waals surface area contributed by atoms with Crippen LogP contribution in [0.1, 0.15) is 37.7 Å². The number of nitriles is 1. The van der Waals surface area contributed by atoms with Gasteiger partial charge >= 0.3 is 0 Å². The first-order chi connectivity index (χ1) is 8.84. The van der Waals surface area contributed by atoms with E-state index in [1.165, 1.54) is 31.4 Å². The highest BCUT2D eigenvalue weighted by Crippen LogP contribution is 2.40. The van der Waals surface area contributed by atoms with E-state index in [-0.39, 0.29) is 5.41 Å². The molecule has 0 aliphatic carbocycles. The van der Waals surface area contributed by atoms with Gasteiger partial charge in [-0.2, -0.15) is 5.26 Å². The zero-order valence-corrected chi connectivity index (χ0v) is 10.8. The Morgan fingerprint density at radius 1 is 1.17 bits per heavy atom. The number of piperidine rings is 2. The van der Waals surface area contributed by atoms with Crippen molar-refractivity contribution in [2.45, 2.75) is 43.6 Å². The summed E-state index contributed by atoms with van der Waals surface area (Å²) in [5.74, 6) is 0. The van der Waals surface area contributed by atoms with Crippen LogP contribution in [0.15, 0.2) is 30.3 Å². The summed E-state index contributed by atoms with van der Waals surface area (Å²) >= 11 is 0. The topological polar surface area (TPSA) is 27.0 Å². The van der Waals surface area contributed by atoms with Crippen molar-refractivity contribution in [2.75, 3.05) is 13.1 Å². The number of hydrogen-bond acceptors (Lipinski definition) is 2. The van der Waals surface area contributed by atoms with E-state index in [1.807, 2.05) is 6.07 Å². The van der Waals surface area contributed by atoms with Crippen molar-refractivity contribution in [1.82, 2.24) is 4.90 Å². The number of rotatable bonds is 1. The molecule has 2 atom stereocenters. The molecule has 2 heterocycles. The van der Waals surface area contributed by atoms with Gasteiger partial charge < -0.3 is 4.90 Å². The SMILES string of the molecule is N#C[C@]1(c2ccccc2)CCN2CCCC[C@H]2C1. The molecule has 18 heavy (non-hydrogen) atoms. The summed E-state index contributed by atoms with van der Waals surface area (Å²) in [6, 6.07) is 13.7. The molecule has 1 aromatic rings. The van der Waals surface area contributed by atoms with Gasteiger partial charge in [-0.15, -0.1) is 0 Å². The minimum Gasteiger partial charge on any atom is -0.300 e. The number of benzene rings is 1. The van der Waals surface area contributed by atoms with Crippen LogP contribution in [0.25, 0.3) is 0 Å². The van der Waals surface area contributed by atoms with Gasteiger partial charge in [0.2, 0.25) is 0 Å². The standard InChI is InChI=1S/C16H20N2/c17-13-16(14-6-2-1-3-7-14)9-11-18-10-5-4-8-15(18)12-16/h1-3,6-7,15H,4-5,8-12H2/t15-,16-/m0/s1. The van der Waals surface area contributed by atoms with Crippen molar-refractivity contribution in [3.05, 3.63) is 35.9 Å². The molecule has 0 radical (unpaired) electrons. The monoisotopic (exact) mass is 240 g/mol. The first-order valence-electron chi connectivity index (χ1n) is 7.05. The molecule has 2 nitrogen and oxygen atoms in total. The molecule has 0 amide bonds. The Morgan fingerprint density at radius 3 is 2.78 bits per heavy atom. The van der Waals surface area contributed by atoms with E-state index >= 15 is 0 Å². The van der Waals surface area contributed by atoms with Crippen molar-refractivity contribution >= 4 is 0 Å². The third-order valence-corrected chi connectivity index (χ3v) is 4.70. The molecule has 2 fully saturated rings. The first-order valence-corrected chi connectivity index (χ1v) is 7.05. The van der Waals surface area contributed by atoms with Crippen LogP contribution in [0.3, 0.4) is 0 Å². The van der Waals surface area contributed by atoms with Crippen molar-refractivity contribution in [3.63, 3.8) is 0 Å². The third-order valence-electron chi connectivity index (χ3n) is 4.70. The van der Waals surface area contributed by atoms with Gasteiger partial charge in [-0.3, -0.25) is 0 Å². The quantitative estimate of drug-likeness (QED) is 0.754. The van der Waals surface area contributed by atoms with E-state index in [1.54, 1.807) is 0 Å². The van der Waals surface area contributed by atoms with Crippen LogP contribution in [0, 0.1) is 11.3 Å². The second-order valence-electron chi connectivity index (χ2n) is 5.70. The molecule has 2 saturated heterocycles. The molecule has 3 rings (SSSR count). The fraction of sp³-hybridized carbons (Fsp3) is 0.562. The predicted molar refractivity (Wildman–Crippen MR) is 72.2 cm³/mol. The van der Waals surface area contributed by atoms with Crippen LogP contribution < -0.4 is 0 Å². The van der Waals surface area contributed by atoms with E-state index in [9.17, 15) is 5.26 Å². The van der Waals surface area contributed by atoms with Crippen LogP contribution in [0.4, 0.5) is 0 Å². The summed E-state index contributed by atoms with van der Waals surface area (Å²) < 4.78 is 0. The minimum absolute atomic E-state index is 0.236. The molecule has 0 N–H and O–H groups in total. The van der Waals surface area contributed by atoms with Crippen LogP contribution in [-0.4, -0.2) is 24.0 Å². The molecule has 2 heteroatoms. The van der Waals surface area contributed by atoms with Crippen LogP contribution >= 0.6 is 0 Å². The average molecular weight is 240 g/mol. The van der Waals surface area contributed by atoms with Gasteiger partial charge in [0, 0.05) is 12.6 Å². The highest BCUT2D eigenvalue weighted by Gasteiger charge is 2.41. The fourth-order valence-electron chi connectivity index (χ4n) is 3.61. The van der Waals surface area contributed by atoms with E-state index in [0.29, 0.717) is 6.04 Å². The largest absolute Gasteiger partial charge is 0.300 e. The fourth-order valence-corrected chi connectivity index (χ4v) is 3.61. The van der Waals surface area contributed by atoms with E-state index in [0.717, 1.165) is 19.4 Å². The molecule has 2 aliphatic rings. The van der Waals surface area contributed by atoms with Crippen molar-refractivity contribution in [2.24, 2.45) is 0 Å². The molecular weight excluding hydrogens is 220 g/mol. The predicted octanol–water partition coefficient (Wildman–Crippen LogP) is 3.10. The summed E-state index contributed by atoms with van der Waals surface area (Å²) in [7, 11) is 0. The van der Waals surface area contributed by atoms with E-state index in [2.05, 4.69) is 35.2 Å². The van der Waals surface area contributed by atoms with Crippen LogP contribution in [0.5, 0.6) is 0 Å². The molecule has 0 spiro atoms. The smallest absolute Gasteiger partial charge is 0.0849 e. The maximum absolute atomic E-state index is 9.72. The highest BCUT2D eigenvalue weighted by molar-refractivity contribution is 5.33. The Labute approximate surface area is 109 Å². The molecule has 0 aromatic heterocycles. The van der Waals surface area contributed by atoms with E-state index in [4.69, 9.17) is 0 Å². The molecule has 0 unspecified atom stereocenters. The van der Waals surface area contributed by atoms with Gasteiger partial charge in [-0.25, -0.2) is 0 Å². The third kappa shape index (κ3) is 1.93. The Morgan fingerprint density at radius 2 is 2.00 bits per heavy atom. The summed E-state index contributed by atoms with van der Waals surface area (Å²) in [6.45, 7) is 2.33. The zero-order chi connectivity index (χ0) is 12.4. The van der Waals surface area contributed by atoms with Gasteiger partial charge in [0.05, 0.1) is 11.5 Å². The lowest BCUT2D eigenvalue weighted by atomic mass is 9.70. The van der Waals surface area contributed by atoms with Gasteiger partial charge in [0.25, 0.3) is 0 Å². The lowest BCUT2D eigenvalue weighted by molar-refractivity contribution is 0.0798. The van der Waals surface area contributed by atoms with Crippen molar-refractivity contribution in [1.29, 1.82) is 5.26 Å².